The zero-order valence-corrected chi connectivity index (χ0v) is 10.5. The minimum absolute atomic E-state index is 0.0741. The molecule has 0 amide bonds. The second-order valence-corrected chi connectivity index (χ2v) is 4.63. The van der Waals surface area contributed by atoms with Crippen molar-refractivity contribution in [3.05, 3.63) is 0 Å². The zero-order chi connectivity index (χ0) is 10.4. The van der Waals surface area contributed by atoms with E-state index in [1.54, 1.807) is 0 Å². The van der Waals surface area contributed by atoms with E-state index in [0.29, 0.717) is 0 Å². The predicted molar refractivity (Wildman–Crippen MR) is 57.7 cm³/mol. The van der Waals surface area contributed by atoms with Crippen molar-refractivity contribution in [1.29, 1.82) is 0 Å². The van der Waals surface area contributed by atoms with E-state index >= 15 is 0 Å². The molecule has 0 aliphatic heterocycles. The van der Waals surface area contributed by atoms with Crippen molar-refractivity contribution in [3.63, 3.8) is 0 Å². The molecular formula is C8H18BBrO3. The summed E-state index contributed by atoms with van der Waals surface area (Å²) in [6.45, 7) is 9.65. The fraction of sp³-hybridized carbons (Fsp3) is 1.00. The van der Waals surface area contributed by atoms with Gasteiger partial charge in [0.05, 0.1) is 5.01 Å². The summed E-state index contributed by atoms with van der Waals surface area (Å²) in [4.78, 5) is 0. The smallest absolute Gasteiger partial charge is 0.384 e. The van der Waals surface area contributed by atoms with Gasteiger partial charge in [-0.05, 0) is 34.6 Å². The first-order valence-corrected chi connectivity index (χ1v) is 5.43. The number of alkyl halides is 1. The van der Waals surface area contributed by atoms with Gasteiger partial charge in [0.2, 0.25) is 0 Å². The summed E-state index contributed by atoms with van der Waals surface area (Å²) in [6, 6.07) is 0. The Morgan fingerprint density at radius 2 is 1.23 bits per heavy atom. The molecule has 0 bridgehead atoms. The third-order valence-corrected chi connectivity index (χ3v) is 1.28. The Hall–Kier alpha value is 0.425. The fourth-order valence-electron chi connectivity index (χ4n) is 0.694. The van der Waals surface area contributed by atoms with Crippen molar-refractivity contribution < 1.29 is 14.0 Å². The van der Waals surface area contributed by atoms with Gasteiger partial charge in [0.25, 0.3) is 0 Å². The van der Waals surface area contributed by atoms with Crippen LogP contribution in [0.2, 0.25) is 0 Å². The molecule has 0 aromatic heterocycles. The molecule has 0 N–H and O–H groups in total. The molecule has 0 saturated carbocycles. The van der Waals surface area contributed by atoms with Gasteiger partial charge < -0.3 is 14.0 Å². The molecule has 13 heavy (non-hydrogen) atoms. The fourth-order valence-corrected chi connectivity index (χ4v) is 0.870. The van der Waals surface area contributed by atoms with Crippen molar-refractivity contribution in [2.45, 2.75) is 51.8 Å². The van der Waals surface area contributed by atoms with Crippen LogP contribution in [0.25, 0.3) is 0 Å². The lowest BCUT2D eigenvalue weighted by atomic mass is 10.2. The SMILES string of the molecule is CC(C)OB(OC(C)C)OC(C)Br. The molecule has 0 saturated heterocycles. The highest BCUT2D eigenvalue weighted by Gasteiger charge is 2.25. The van der Waals surface area contributed by atoms with E-state index < -0.39 is 7.32 Å². The molecule has 0 spiro atoms. The number of hydrogen-bond acceptors (Lipinski definition) is 3. The van der Waals surface area contributed by atoms with Crippen LogP contribution in [0, 0.1) is 0 Å². The van der Waals surface area contributed by atoms with Gasteiger partial charge in [-0.15, -0.1) is 0 Å². The number of rotatable bonds is 6. The van der Waals surface area contributed by atoms with Crippen LogP contribution in [0.4, 0.5) is 0 Å². The molecule has 0 aromatic rings. The molecular weight excluding hydrogens is 235 g/mol. The molecule has 0 rings (SSSR count). The van der Waals surface area contributed by atoms with Crippen molar-refractivity contribution >= 4 is 23.3 Å². The predicted octanol–water partition coefficient (Wildman–Crippen LogP) is 2.58. The lowest BCUT2D eigenvalue weighted by molar-refractivity contribution is 0.0484. The molecule has 1 atom stereocenters. The summed E-state index contributed by atoms with van der Waals surface area (Å²) in [5, 5.41) is -0.0741. The Balaban J connectivity index is 3.87. The molecule has 1 unspecified atom stereocenters. The Morgan fingerprint density at radius 3 is 1.46 bits per heavy atom. The third kappa shape index (κ3) is 8.75. The standard InChI is InChI=1S/C8H18BBrO3/c1-6(2)11-9(12-7(3)4)13-8(5)10/h6-8H,1-5H3. The van der Waals surface area contributed by atoms with E-state index in [1.165, 1.54) is 0 Å². The lowest BCUT2D eigenvalue weighted by Crippen LogP contribution is -2.34. The average Bonchev–Trinajstić information content (AvgIpc) is 1.80. The van der Waals surface area contributed by atoms with E-state index in [9.17, 15) is 0 Å². The Labute approximate surface area is 89.4 Å². The normalized spacial score (nSPS) is 13.8. The number of halogens is 1. The van der Waals surface area contributed by atoms with Crippen molar-refractivity contribution in [2.75, 3.05) is 0 Å². The van der Waals surface area contributed by atoms with Gasteiger partial charge >= 0.3 is 7.32 Å². The highest BCUT2D eigenvalue weighted by Crippen LogP contribution is 2.08. The molecule has 78 valence electrons. The maximum absolute atomic E-state index is 5.40. The van der Waals surface area contributed by atoms with E-state index in [1.807, 2.05) is 34.6 Å². The minimum Gasteiger partial charge on any atom is -0.384 e. The Kier molecular flexibility index (Phi) is 7.04. The molecule has 0 heterocycles. The molecule has 3 nitrogen and oxygen atoms in total. The topological polar surface area (TPSA) is 27.7 Å². The van der Waals surface area contributed by atoms with Crippen LogP contribution in [-0.4, -0.2) is 24.5 Å². The third-order valence-electron chi connectivity index (χ3n) is 1.07. The molecule has 0 aliphatic carbocycles. The molecule has 0 aliphatic rings. The summed E-state index contributed by atoms with van der Waals surface area (Å²) in [6.07, 6.45) is 0.185. The van der Waals surface area contributed by atoms with Crippen LogP contribution in [0.5, 0.6) is 0 Å². The first-order valence-electron chi connectivity index (χ1n) is 4.52. The lowest BCUT2D eigenvalue weighted by Gasteiger charge is -2.19. The van der Waals surface area contributed by atoms with Crippen LogP contribution >= 0.6 is 15.9 Å². The van der Waals surface area contributed by atoms with Gasteiger partial charge in [0.1, 0.15) is 0 Å². The largest absolute Gasteiger partial charge is 0.640 e. The van der Waals surface area contributed by atoms with Crippen LogP contribution in [0.1, 0.15) is 34.6 Å². The second kappa shape index (κ2) is 6.82. The number of hydrogen-bond donors (Lipinski definition) is 0. The van der Waals surface area contributed by atoms with E-state index in [0.717, 1.165) is 0 Å². The van der Waals surface area contributed by atoms with Gasteiger partial charge in [-0.25, -0.2) is 0 Å². The van der Waals surface area contributed by atoms with E-state index in [4.69, 9.17) is 14.0 Å². The van der Waals surface area contributed by atoms with Crippen molar-refractivity contribution in [3.8, 4) is 0 Å². The van der Waals surface area contributed by atoms with Gasteiger partial charge in [0.15, 0.2) is 0 Å². The van der Waals surface area contributed by atoms with Crippen LogP contribution in [-0.2, 0) is 14.0 Å². The Bertz CT molecular complexity index is 107. The van der Waals surface area contributed by atoms with Gasteiger partial charge in [-0.2, -0.15) is 0 Å². The molecule has 0 fully saturated rings. The van der Waals surface area contributed by atoms with Gasteiger partial charge in [-0.3, -0.25) is 0 Å². The molecule has 5 heteroatoms. The van der Waals surface area contributed by atoms with Crippen molar-refractivity contribution in [2.24, 2.45) is 0 Å². The van der Waals surface area contributed by atoms with Crippen LogP contribution in [0.3, 0.4) is 0 Å². The van der Waals surface area contributed by atoms with E-state index in [2.05, 4.69) is 15.9 Å². The maximum Gasteiger partial charge on any atom is 0.640 e. The quantitative estimate of drug-likeness (QED) is 0.537. The van der Waals surface area contributed by atoms with Gasteiger partial charge in [0, 0.05) is 12.2 Å². The molecule has 0 radical (unpaired) electrons. The summed E-state index contributed by atoms with van der Waals surface area (Å²) in [5.74, 6) is 0. The summed E-state index contributed by atoms with van der Waals surface area (Å²) in [7, 11) is -0.589. The average molecular weight is 253 g/mol. The summed E-state index contributed by atoms with van der Waals surface area (Å²) >= 11 is 3.27. The van der Waals surface area contributed by atoms with Crippen molar-refractivity contribution in [1.82, 2.24) is 0 Å². The summed E-state index contributed by atoms with van der Waals surface area (Å²) < 4.78 is 16.1. The first kappa shape index (κ1) is 13.4. The summed E-state index contributed by atoms with van der Waals surface area (Å²) in [5.41, 5.74) is 0. The maximum atomic E-state index is 5.40. The Morgan fingerprint density at radius 1 is 0.846 bits per heavy atom. The minimum atomic E-state index is -0.589. The highest BCUT2D eigenvalue weighted by atomic mass is 79.9. The second-order valence-electron chi connectivity index (χ2n) is 3.34. The monoisotopic (exact) mass is 252 g/mol. The van der Waals surface area contributed by atoms with Crippen LogP contribution in [0.15, 0.2) is 0 Å². The van der Waals surface area contributed by atoms with Crippen LogP contribution < -0.4 is 0 Å². The van der Waals surface area contributed by atoms with E-state index in [-0.39, 0.29) is 17.2 Å². The highest BCUT2D eigenvalue weighted by molar-refractivity contribution is 9.09. The first-order chi connectivity index (χ1) is 5.91. The molecule has 0 aromatic carbocycles. The van der Waals surface area contributed by atoms with Gasteiger partial charge in [-0.1, -0.05) is 15.9 Å². The zero-order valence-electron chi connectivity index (χ0n) is 8.91.